The molecule has 0 aromatic heterocycles. The molecule has 0 bridgehead atoms. The van der Waals surface area contributed by atoms with Gasteiger partial charge in [-0.15, -0.1) is 0 Å². The van der Waals surface area contributed by atoms with Gasteiger partial charge in [-0.1, -0.05) is 25.4 Å². The quantitative estimate of drug-likeness (QED) is 0.866. The summed E-state index contributed by atoms with van der Waals surface area (Å²) in [4.78, 5) is 0. The van der Waals surface area contributed by atoms with Crippen molar-refractivity contribution in [1.82, 2.24) is 0 Å². The summed E-state index contributed by atoms with van der Waals surface area (Å²) in [6, 6.07) is 1.87. The van der Waals surface area contributed by atoms with Crippen molar-refractivity contribution in [2.24, 2.45) is 5.73 Å². The van der Waals surface area contributed by atoms with Crippen LogP contribution in [0, 0.1) is 6.92 Å². The molecule has 0 amide bonds. The summed E-state index contributed by atoms with van der Waals surface area (Å²) in [6.07, 6.45) is 2.80. The smallest absolute Gasteiger partial charge is 0.122 e. The molecule has 0 atom stereocenters. The molecule has 1 aromatic carbocycles. The van der Waals surface area contributed by atoms with Gasteiger partial charge < -0.3 is 10.8 Å². The van der Waals surface area contributed by atoms with Crippen LogP contribution in [0.15, 0.2) is 6.07 Å². The summed E-state index contributed by atoms with van der Waals surface area (Å²) in [6.45, 7) is 6.06. The normalized spacial score (nSPS) is 17.5. The molecular weight excluding hydrogens is 234 g/mol. The SMILES string of the molecule is Cc1c(Cl)cc(C(C)C)c(O)c1CC1(N)CC1. The maximum atomic E-state index is 10.3. The second kappa shape index (κ2) is 4.18. The number of benzene rings is 1. The predicted molar refractivity (Wildman–Crippen MR) is 71.8 cm³/mol. The van der Waals surface area contributed by atoms with E-state index in [0.717, 1.165) is 41.0 Å². The first-order valence-corrected chi connectivity index (χ1v) is 6.51. The van der Waals surface area contributed by atoms with Gasteiger partial charge in [-0.2, -0.15) is 0 Å². The second-order valence-corrected chi connectivity index (χ2v) is 6.00. The Morgan fingerprint density at radius 2 is 2.06 bits per heavy atom. The van der Waals surface area contributed by atoms with Gasteiger partial charge in [0.15, 0.2) is 0 Å². The van der Waals surface area contributed by atoms with Crippen LogP contribution in [0.4, 0.5) is 0 Å². The molecule has 0 aliphatic heterocycles. The summed E-state index contributed by atoms with van der Waals surface area (Å²) in [7, 11) is 0. The minimum atomic E-state index is -0.110. The number of phenols is 1. The summed E-state index contributed by atoms with van der Waals surface area (Å²) >= 11 is 6.23. The molecule has 0 saturated heterocycles. The largest absolute Gasteiger partial charge is 0.507 e. The fraction of sp³-hybridized carbons (Fsp3) is 0.571. The van der Waals surface area contributed by atoms with E-state index in [1.165, 1.54) is 0 Å². The van der Waals surface area contributed by atoms with E-state index in [1.54, 1.807) is 0 Å². The van der Waals surface area contributed by atoms with Crippen molar-refractivity contribution in [2.75, 3.05) is 0 Å². The predicted octanol–water partition coefficient (Wildman–Crippen LogP) is 3.51. The summed E-state index contributed by atoms with van der Waals surface area (Å²) in [5, 5.41) is 11.1. The van der Waals surface area contributed by atoms with Crippen LogP contribution in [0.3, 0.4) is 0 Å². The minimum absolute atomic E-state index is 0.110. The summed E-state index contributed by atoms with van der Waals surface area (Å²) < 4.78 is 0. The number of nitrogens with two attached hydrogens (primary N) is 1. The van der Waals surface area contributed by atoms with Crippen molar-refractivity contribution in [1.29, 1.82) is 0 Å². The van der Waals surface area contributed by atoms with E-state index in [-0.39, 0.29) is 11.5 Å². The topological polar surface area (TPSA) is 46.2 Å². The van der Waals surface area contributed by atoms with Gasteiger partial charge in [0.2, 0.25) is 0 Å². The maximum Gasteiger partial charge on any atom is 0.122 e. The zero-order valence-electron chi connectivity index (χ0n) is 10.7. The molecule has 2 nitrogen and oxygen atoms in total. The average Bonchev–Trinajstić information content (AvgIpc) is 2.97. The molecule has 0 heterocycles. The third-order valence-electron chi connectivity index (χ3n) is 3.70. The molecule has 3 N–H and O–H groups in total. The third-order valence-corrected chi connectivity index (χ3v) is 4.09. The molecule has 1 saturated carbocycles. The van der Waals surface area contributed by atoms with Crippen molar-refractivity contribution in [3.8, 4) is 5.75 Å². The van der Waals surface area contributed by atoms with Crippen molar-refractivity contribution in [3.63, 3.8) is 0 Å². The Balaban J connectivity index is 2.48. The van der Waals surface area contributed by atoms with Crippen molar-refractivity contribution < 1.29 is 5.11 Å². The molecular formula is C14H20ClNO. The molecule has 0 spiro atoms. The lowest BCUT2D eigenvalue weighted by Crippen LogP contribution is -2.25. The number of phenolic OH excluding ortho intramolecular Hbond substituents is 1. The highest BCUT2D eigenvalue weighted by atomic mass is 35.5. The molecule has 2 rings (SSSR count). The summed E-state index contributed by atoms with van der Waals surface area (Å²) in [5.41, 5.74) is 8.84. The summed E-state index contributed by atoms with van der Waals surface area (Å²) in [5.74, 6) is 0.651. The van der Waals surface area contributed by atoms with E-state index >= 15 is 0 Å². The van der Waals surface area contributed by atoms with Crippen LogP contribution in [0.1, 0.15) is 49.3 Å². The van der Waals surface area contributed by atoms with Crippen LogP contribution in [-0.2, 0) is 6.42 Å². The number of halogens is 1. The second-order valence-electron chi connectivity index (χ2n) is 5.59. The van der Waals surface area contributed by atoms with Crippen molar-refractivity contribution in [2.45, 2.75) is 51.5 Å². The number of hydrogen-bond donors (Lipinski definition) is 2. The monoisotopic (exact) mass is 253 g/mol. The highest BCUT2D eigenvalue weighted by Gasteiger charge is 2.39. The molecule has 1 fully saturated rings. The Morgan fingerprint density at radius 3 is 2.53 bits per heavy atom. The standard InChI is InChI=1S/C14H20ClNO/c1-8(2)10-6-12(15)9(3)11(13(10)17)7-14(16)4-5-14/h6,8,17H,4-5,7,16H2,1-3H3. The Labute approximate surface area is 108 Å². The first-order chi connectivity index (χ1) is 7.84. The zero-order chi connectivity index (χ0) is 12.8. The van der Waals surface area contributed by atoms with E-state index < -0.39 is 0 Å². The lowest BCUT2D eigenvalue weighted by Gasteiger charge is -2.19. The van der Waals surface area contributed by atoms with Gasteiger partial charge in [-0.25, -0.2) is 0 Å². The van der Waals surface area contributed by atoms with E-state index in [9.17, 15) is 5.11 Å². The number of aromatic hydroxyl groups is 1. The van der Waals surface area contributed by atoms with Crippen molar-refractivity contribution in [3.05, 3.63) is 27.8 Å². The Bertz CT molecular complexity index is 450. The van der Waals surface area contributed by atoms with Gasteiger partial charge in [0.1, 0.15) is 5.75 Å². The first-order valence-electron chi connectivity index (χ1n) is 6.14. The van der Waals surface area contributed by atoms with Crippen LogP contribution in [0.2, 0.25) is 5.02 Å². The van der Waals surface area contributed by atoms with E-state index in [1.807, 2.05) is 13.0 Å². The fourth-order valence-corrected chi connectivity index (χ4v) is 2.39. The maximum absolute atomic E-state index is 10.3. The Morgan fingerprint density at radius 1 is 1.47 bits per heavy atom. The van der Waals surface area contributed by atoms with E-state index in [4.69, 9.17) is 17.3 Å². The molecule has 1 aliphatic carbocycles. The van der Waals surface area contributed by atoms with Gasteiger partial charge in [-0.3, -0.25) is 0 Å². The zero-order valence-corrected chi connectivity index (χ0v) is 11.4. The average molecular weight is 254 g/mol. The highest BCUT2D eigenvalue weighted by Crippen LogP contribution is 2.42. The van der Waals surface area contributed by atoms with Gasteiger partial charge in [0.25, 0.3) is 0 Å². The van der Waals surface area contributed by atoms with Gasteiger partial charge >= 0.3 is 0 Å². The van der Waals surface area contributed by atoms with Gasteiger partial charge in [0, 0.05) is 16.1 Å². The molecule has 1 aliphatic rings. The molecule has 1 aromatic rings. The van der Waals surface area contributed by atoms with Gasteiger partial charge in [0.05, 0.1) is 0 Å². The van der Waals surface area contributed by atoms with E-state index in [2.05, 4.69) is 13.8 Å². The molecule has 0 unspecified atom stereocenters. The Kier molecular flexibility index (Phi) is 3.13. The first kappa shape index (κ1) is 12.7. The highest BCUT2D eigenvalue weighted by molar-refractivity contribution is 6.31. The number of hydrogen-bond acceptors (Lipinski definition) is 2. The fourth-order valence-electron chi connectivity index (χ4n) is 2.15. The minimum Gasteiger partial charge on any atom is -0.507 e. The lowest BCUT2D eigenvalue weighted by molar-refractivity contribution is 0.452. The third kappa shape index (κ3) is 2.43. The lowest BCUT2D eigenvalue weighted by atomic mass is 9.92. The molecule has 94 valence electrons. The van der Waals surface area contributed by atoms with Gasteiger partial charge in [-0.05, 0) is 49.3 Å². The van der Waals surface area contributed by atoms with Crippen molar-refractivity contribution >= 4 is 11.6 Å². The van der Waals surface area contributed by atoms with Crippen LogP contribution in [0.5, 0.6) is 5.75 Å². The van der Waals surface area contributed by atoms with Crippen LogP contribution >= 0.6 is 11.6 Å². The molecule has 3 heteroatoms. The van der Waals surface area contributed by atoms with Crippen LogP contribution in [-0.4, -0.2) is 10.6 Å². The Hall–Kier alpha value is -0.730. The molecule has 17 heavy (non-hydrogen) atoms. The van der Waals surface area contributed by atoms with Crippen LogP contribution < -0.4 is 5.73 Å². The van der Waals surface area contributed by atoms with E-state index in [0.29, 0.717) is 5.75 Å². The van der Waals surface area contributed by atoms with Crippen LogP contribution in [0.25, 0.3) is 0 Å². The number of rotatable bonds is 3. The molecule has 0 radical (unpaired) electrons.